The van der Waals surface area contributed by atoms with Crippen molar-refractivity contribution in [1.82, 2.24) is 45.9 Å². The Labute approximate surface area is 596 Å². The molecule has 2 aliphatic heterocycles. The summed E-state index contributed by atoms with van der Waals surface area (Å²) in [5.41, 5.74) is 0.200. The fourth-order valence-corrected chi connectivity index (χ4v) is 12.0. The number of ether oxygens (including phenoxy) is 10. The van der Waals surface area contributed by atoms with Crippen molar-refractivity contribution in [3.63, 3.8) is 0 Å². The molecule has 2 aromatic heterocycles. The molecule has 6 atom stereocenters. The molecule has 4 aromatic rings. The third kappa shape index (κ3) is 28.7. The number of allylic oxidation sites excluding steroid dienone is 2. The smallest absolute Gasteiger partial charge is 0.417 e. The molecule has 0 spiro atoms. The average Bonchev–Trinajstić information content (AvgIpc) is 0.888. The Bertz CT molecular complexity index is 3500. The molecular weight excluding hydrogens is 1380 g/mol. The van der Waals surface area contributed by atoms with E-state index in [4.69, 9.17) is 47.4 Å². The Morgan fingerprint density at radius 1 is 0.728 bits per heavy atom. The van der Waals surface area contributed by atoms with Gasteiger partial charge in [-0.2, -0.15) is 21.6 Å². The SMILES string of the molecule is CC(C)(C)OC(=O)N[C@@H](Cc1cn(CCOCCOCCOCCOc2ccc(CCO[C@@H]3O[C@H](CO)[C@@H](O)[C@H](O)[C@H]3O)cc2)nn1)C(=O)NCCOCCOCCOCCn1cc(CNC(=O)CCCCCCCN2c3cc4c(cc3C(CS(=O)(=O)O)=CC2(C)C)C(C(F)(F)F)=CC(=O)C4)nn1. The summed E-state index contributed by atoms with van der Waals surface area (Å²) >= 11 is 0. The van der Waals surface area contributed by atoms with Crippen LogP contribution < -0.4 is 25.6 Å². The summed E-state index contributed by atoms with van der Waals surface area (Å²) in [5.74, 6) is -1.43. The molecule has 574 valence electrons. The number of amides is 3. The number of hydrogen-bond donors (Lipinski definition) is 8. The number of aromatic nitrogens is 6. The topological polar surface area (TPSA) is 397 Å². The molecule has 0 unspecified atom stereocenters. The number of alkyl halides is 3. The minimum absolute atomic E-state index is 0.0287. The zero-order valence-electron chi connectivity index (χ0n) is 58.9. The quantitative estimate of drug-likeness (QED) is 0.0232. The third-order valence-electron chi connectivity index (χ3n) is 16.4. The summed E-state index contributed by atoms with van der Waals surface area (Å²) in [6.45, 7) is 14.1. The van der Waals surface area contributed by atoms with Gasteiger partial charge in [0.2, 0.25) is 11.8 Å². The summed E-state index contributed by atoms with van der Waals surface area (Å²) in [4.78, 5) is 53.1. The highest BCUT2D eigenvalue weighted by molar-refractivity contribution is 7.86. The van der Waals surface area contributed by atoms with Gasteiger partial charge in [-0.05, 0) is 106 Å². The fraction of sp³-hybridized carbons (Fsp3) is 0.647. The van der Waals surface area contributed by atoms with Crippen LogP contribution in [0.25, 0.3) is 11.1 Å². The van der Waals surface area contributed by atoms with E-state index in [1.54, 1.807) is 48.6 Å². The minimum Gasteiger partial charge on any atom is -0.491 e. The third-order valence-corrected chi connectivity index (χ3v) is 17.1. The number of hydrogen-bond acceptors (Lipinski definition) is 25. The van der Waals surface area contributed by atoms with Gasteiger partial charge in [0.25, 0.3) is 10.1 Å². The van der Waals surface area contributed by atoms with Crippen LogP contribution in [-0.2, 0) is 106 Å². The highest BCUT2D eigenvalue weighted by Crippen LogP contribution is 2.46. The summed E-state index contributed by atoms with van der Waals surface area (Å²) in [7, 11) is -4.53. The van der Waals surface area contributed by atoms with Crippen LogP contribution >= 0.6 is 0 Å². The highest BCUT2D eigenvalue weighted by atomic mass is 32.2. The van der Waals surface area contributed by atoms with E-state index in [0.717, 1.165) is 24.8 Å². The number of benzene rings is 2. The van der Waals surface area contributed by atoms with Crippen molar-refractivity contribution in [1.29, 1.82) is 0 Å². The molecule has 7 rings (SSSR count). The number of ketones is 1. The standard InChI is InChI=1S/C68H99F3N10O21S/c1-66(2,3)102-65(89)74-56(37-49-42-79(77-75-49)19-23-94-27-30-97-31-32-98-33-34-99-52-14-12-46(13-15-52)16-21-100-64-62(87)61(86)60(85)58(44-82)101-64)63(88)72-17-22-93-25-28-96-29-26-95-24-20-80-43-50(76-78-80)41-73-59(84)11-9-7-6-8-10-18-81-57-36-47-35-51(83)38-55(68(69,70)71)53(47)39-54(57)48(40-67(81,4)5)45-103(90,91)92/h12-15,36,38-40,42-43,56,58,60-62,64,82,85-87H,6-11,16-35,37,41,44-45H2,1-5H3,(H,72,88)(H,73,84)(H,74,89)(H,90,91,92)/t56-,58+,60+,61-,62+,64+/m0/s1. The van der Waals surface area contributed by atoms with Crippen molar-refractivity contribution < 1.29 is 113 Å². The van der Waals surface area contributed by atoms with E-state index in [9.17, 15) is 65.7 Å². The summed E-state index contributed by atoms with van der Waals surface area (Å²) in [5, 5.41) is 64.2. The predicted octanol–water partition coefficient (Wildman–Crippen LogP) is 3.26. The molecule has 1 fully saturated rings. The van der Waals surface area contributed by atoms with E-state index in [2.05, 4.69) is 36.6 Å². The van der Waals surface area contributed by atoms with Crippen LogP contribution in [0, 0.1) is 0 Å². The van der Waals surface area contributed by atoms with Gasteiger partial charge in [0.1, 0.15) is 59.9 Å². The van der Waals surface area contributed by atoms with Gasteiger partial charge in [-0.3, -0.25) is 18.9 Å². The second-order valence-electron chi connectivity index (χ2n) is 26.3. The molecule has 1 aliphatic carbocycles. The molecule has 0 saturated carbocycles. The van der Waals surface area contributed by atoms with Gasteiger partial charge in [0.05, 0.1) is 135 Å². The summed E-state index contributed by atoms with van der Waals surface area (Å²) in [6, 6.07) is 9.13. The summed E-state index contributed by atoms with van der Waals surface area (Å²) < 4.78 is 135. The molecular formula is C68H99F3N10O21S. The molecule has 0 bridgehead atoms. The molecule has 4 heterocycles. The molecule has 103 heavy (non-hydrogen) atoms. The van der Waals surface area contributed by atoms with Crippen LogP contribution in [0.15, 0.2) is 60.9 Å². The lowest BCUT2D eigenvalue weighted by Crippen LogP contribution is -2.59. The van der Waals surface area contributed by atoms with Gasteiger partial charge in [0.15, 0.2) is 12.1 Å². The normalized spacial score (nSPS) is 18.6. The molecule has 35 heteroatoms. The van der Waals surface area contributed by atoms with Crippen molar-refractivity contribution in [3.05, 3.63) is 94.6 Å². The maximum Gasteiger partial charge on any atom is 0.417 e. The maximum absolute atomic E-state index is 14.1. The lowest BCUT2D eigenvalue weighted by molar-refractivity contribution is -0.300. The van der Waals surface area contributed by atoms with Crippen LogP contribution in [0.3, 0.4) is 0 Å². The minimum atomic E-state index is -4.81. The van der Waals surface area contributed by atoms with E-state index in [0.29, 0.717) is 140 Å². The number of aliphatic hydroxyl groups excluding tert-OH is 4. The Kier molecular flexibility index (Phi) is 33.1. The molecule has 3 aliphatic rings. The first-order valence-corrected chi connectivity index (χ1v) is 36.0. The first-order valence-electron chi connectivity index (χ1n) is 34.4. The molecule has 31 nitrogen and oxygen atoms in total. The lowest BCUT2D eigenvalue weighted by Gasteiger charge is -2.44. The van der Waals surface area contributed by atoms with Crippen molar-refractivity contribution in [3.8, 4) is 5.75 Å². The zero-order valence-corrected chi connectivity index (χ0v) is 59.7. The van der Waals surface area contributed by atoms with Gasteiger partial charge >= 0.3 is 12.3 Å². The number of halogens is 3. The first kappa shape index (κ1) is 83.2. The molecule has 8 N–H and O–H groups in total. The number of alkyl carbamates (subject to hydrolysis) is 1. The van der Waals surface area contributed by atoms with Crippen molar-refractivity contribution >= 4 is 50.6 Å². The van der Waals surface area contributed by atoms with Crippen LogP contribution in [0.4, 0.5) is 23.7 Å². The van der Waals surface area contributed by atoms with Gasteiger partial charge < -0.3 is 88.6 Å². The monoisotopic (exact) mass is 1480 g/mol. The van der Waals surface area contributed by atoms with Crippen LogP contribution in [0.1, 0.15) is 107 Å². The number of carbonyl (C=O) groups is 4. The zero-order chi connectivity index (χ0) is 74.6. The molecule has 0 radical (unpaired) electrons. The van der Waals surface area contributed by atoms with Gasteiger partial charge in [0, 0.05) is 49.8 Å². The number of unbranched alkanes of at least 4 members (excludes halogenated alkanes) is 4. The van der Waals surface area contributed by atoms with Crippen molar-refractivity contribution in [2.24, 2.45) is 0 Å². The Morgan fingerprint density at radius 2 is 1.32 bits per heavy atom. The van der Waals surface area contributed by atoms with E-state index < -0.39 is 99.9 Å². The lowest BCUT2D eigenvalue weighted by atomic mass is 9.82. The fourth-order valence-electron chi connectivity index (χ4n) is 11.4. The van der Waals surface area contributed by atoms with Crippen LogP contribution in [-0.4, -0.2) is 259 Å². The molecule has 2 aromatic carbocycles. The van der Waals surface area contributed by atoms with Gasteiger partial charge in [-0.1, -0.05) is 47.9 Å². The highest BCUT2D eigenvalue weighted by Gasteiger charge is 2.45. The molecule has 3 amide bonds. The van der Waals surface area contributed by atoms with Crippen molar-refractivity contribution in [2.45, 2.75) is 166 Å². The Balaban J connectivity index is 0.666. The van der Waals surface area contributed by atoms with Crippen LogP contribution in [0.5, 0.6) is 5.75 Å². The number of anilines is 1. The number of nitrogens with one attached hydrogen (secondary N) is 3. The second-order valence-corrected chi connectivity index (χ2v) is 27.8. The Morgan fingerprint density at radius 3 is 1.94 bits per heavy atom. The van der Waals surface area contributed by atoms with Gasteiger partial charge in [-0.15, -0.1) is 10.2 Å². The first-order chi connectivity index (χ1) is 49.0. The van der Waals surface area contributed by atoms with Crippen LogP contribution in [0.2, 0.25) is 0 Å². The second kappa shape index (κ2) is 41.0. The average molecular weight is 1480 g/mol. The van der Waals surface area contributed by atoms with Crippen molar-refractivity contribution in [2.75, 3.05) is 123 Å². The maximum atomic E-state index is 14.1. The number of nitrogens with zero attached hydrogens (tertiary/aromatic N) is 7. The van der Waals surface area contributed by atoms with E-state index in [1.165, 1.54) is 12.1 Å². The van der Waals surface area contributed by atoms with E-state index >= 15 is 0 Å². The largest absolute Gasteiger partial charge is 0.491 e. The Hall–Kier alpha value is -7.10. The number of rotatable bonds is 46. The number of aliphatic hydroxyl groups is 4. The van der Waals surface area contributed by atoms with E-state index in [-0.39, 0.29) is 80.5 Å². The molecule has 1 saturated heterocycles. The predicted molar refractivity (Wildman–Crippen MR) is 365 cm³/mol. The van der Waals surface area contributed by atoms with Gasteiger partial charge in [-0.25, -0.2) is 14.2 Å². The van der Waals surface area contributed by atoms with E-state index in [1.807, 2.05) is 43.0 Å². The number of carbonyl (C=O) groups excluding carboxylic acids is 4. The number of fused-ring (bicyclic) bond motifs is 2. The summed E-state index contributed by atoms with van der Waals surface area (Å²) in [6.07, 6.45) is -2.33.